The van der Waals surface area contributed by atoms with Gasteiger partial charge in [-0.15, -0.1) is 0 Å². The molecule has 0 saturated carbocycles. The number of hydrogen-bond acceptors (Lipinski definition) is 6. The number of fused-ring (bicyclic) bond motifs is 2. The van der Waals surface area contributed by atoms with Crippen molar-refractivity contribution in [2.24, 2.45) is 5.92 Å². The number of benzene rings is 2. The fourth-order valence-electron chi connectivity index (χ4n) is 4.53. The van der Waals surface area contributed by atoms with Crippen LogP contribution in [0.2, 0.25) is 5.02 Å². The summed E-state index contributed by atoms with van der Waals surface area (Å²) >= 11 is 6.19. The van der Waals surface area contributed by atoms with Crippen molar-refractivity contribution in [1.29, 1.82) is 0 Å². The Morgan fingerprint density at radius 3 is 2.62 bits per heavy atom. The molecule has 0 fully saturated rings. The first-order valence-corrected chi connectivity index (χ1v) is 12.5. The Labute approximate surface area is 219 Å². The highest BCUT2D eigenvalue weighted by atomic mass is 35.5. The van der Waals surface area contributed by atoms with E-state index in [1.807, 2.05) is 19.1 Å². The van der Waals surface area contributed by atoms with Gasteiger partial charge in [0.1, 0.15) is 11.4 Å². The summed E-state index contributed by atoms with van der Waals surface area (Å²) in [5.74, 6) is 1.57. The number of amides is 1. The summed E-state index contributed by atoms with van der Waals surface area (Å²) < 4.78 is 17.6. The van der Waals surface area contributed by atoms with Crippen molar-refractivity contribution in [3.05, 3.63) is 92.4 Å². The highest BCUT2D eigenvalue weighted by Crippen LogP contribution is 2.43. The van der Waals surface area contributed by atoms with Crippen molar-refractivity contribution in [2.75, 3.05) is 18.6 Å². The number of pyridine rings is 1. The molecule has 1 aliphatic heterocycles. The molecule has 0 aliphatic carbocycles. The minimum absolute atomic E-state index is 0.00986. The van der Waals surface area contributed by atoms with Crippen LogP contribution in [0.15, 0.2) is 63.9 Å². The number of anilines is 1. The SMILES string of the molecule is COc1cc(C2c3c(oc4ccc(Cl)cc4c3=O)C(=O)N2c2cc(C)ccn2)ccc1OCCC(C)C. The maximum absolute atomic E-state index is 13.8. The molecule has 3 heterocycles. The van der Waals surface area contributed by atoms with E-state index in [0.717, 1.165) is 12.0 Å². The van der Waals surface area contributed by atoms with Crippen molar-refractivity contribution in [3.63, 3.8) is 0 Å². The largest absolute Gasteiger partial charge is 0.493 e. The van der Waals surface area contributed by atoms with Crippen LogP contribution in [0, 0.1) is 12.8 Å². The lowest BCUT2D eigenvalue weighted by molar-refractivity contribution is 0.0970. The summed E-state index contributed by atoms with van der Waals surface area (Å²) in [6, 6.07) is 13.1. The number of aryl methyl sites for hydroxylation is 1. The van der Waals surface area contributed by atoms with E-state index in [1.54, 1.807) is 49.7 Å². The molecule has 190 valence electrons. The molecule has 1 atom stereocenters. The first kappa shape index (κ1) is 24.8. The first-order valence-electron chi connectivity index (χ1n) is 12.1. The smallest absolute Gasteiger partial charge is 0.296 e. The van der Waals surface area contributed by atoms with E-state index in [4.69, 9.17) is 25.5 Å². The molecule has 1 aliphatic rings. The molecule has 5 rings (SSSR count). The van der Waals surface area contributed by atoms with Gasteiger partial charge in [0.05, 0.1) is 30.7 Å². The Morgan fingerprint density at radius 2 is 1.89 bits per heavy atom. The molecule has 7 nitrogen and oxygen atoms in total. The monoisotopic (exact) mass is 518 g/mol. The van der Waals surface area contributed by atoms with Crippen molar-refractivity contribution in [1.82, 2.24) is 4.98 Å². The Kier molecular flexibility index (Phi) is 6.65. The highest BCUT2D eigenvalue weighted by molar-refractivity contribution is 6.31. The second-order valence-electron chi connectivity index (χ2n) is 9.52. The van der Waals surface area contributed by atoms with E-state index >= 15 is 0 Å². The number of ether oxygens (including phenoxy) is 2. The quantitative estimate of drug-likeness (QED) is 0.284. The van der Waals surface area contributed by atoms with E-state index in [1.165, 1.54) is 4.90 Å². The number of rotatable bonds is 7. The second kappa shape index (κ2) is 9.90. The van der Waals surface area contributed by atoms with E-state index in [-0.39, 0.29) is 16.8 Å². The first-order chi connectivity index (χ1) is 17.8. The van der Waals surface area contributed by atoms with Gasteiger partial charge >= 0.3 is 0 Å². The molecular weight excluding hydrogens is 492 g/mol. The molecule has 0 spiro atoms. The number of carbonyl (C=O) groups excluding carboxylic acids is 1. The zero-order chi connectivity index (χ0) is 26.3. The average molecular weight is 519 g/mol. The molecule has 2 aromatic carbocycles. The van der Waals surface area contributed by atoms with Gasteiger partial charge < -0.3 is 13.9 Å². The third-order valence-corrected chi connectivity index (χ3v) is 6.67. The van der Waals surface area contributed by atoms with E-state index < -0.39 is 11.9 Å². The van der Waals surface area contributed by atoms with Gasteiger partial charge in [-0.1, -0.05) is 31.5 Å². The van der Waals surface area contributed by atoms with Gasteiger partial charge in [0, 0.05) is 11.2 Å². The Hall–Kier alpha value is -3.84. The summed E-state index contributed by atoms with van der Waals surface area (Å²) in [7, 11) is 1.56. The van der Waals surface area contributed by atoms with Crippen LogP contribution in [0.4, 0.5) is 5.82 Å². The lowest BCUT2D eigenvalue weighted by Gasteiger charge is -2.25. The molecule has 37 heavy (non-hydrogen) atoms. The summed E-state index contributed by atoms with van der Waals surface area (Å²) in [6.07, 6.45) is 2.54. The molecule has 8 heteroatoms. The van der Waals surface area contributed by atoms with Crippen LogP contribution in [-0.2, 0) is 0 Å². The van der Waals surface area contributed by atoms with Crippen molar-refractivity contribution < 1.29 is 18.7 Å². The zero-order valence-corrected chi connectivity index (χ0v) is 21.8. The molecule has 1 amide bonds. The van der Waals surface area contributed by atoms with Crippen LogP contribution in [0.3, 0.4) is 0 Å². The van der Waals surface area contributed by atoms with Crippen molar-refractivity contribution in [3.8, 4) is 11.5 Å². The molecule has 2 aromatic heterocycles. The van der Waals surface area contributed by atoms with Crippen LogP contribution in [0.5, 0.6) is 11.5 Å². The molecule has 0 radical (unpaired) electrons. The normalized spacial score (nSPS) is 14.9. The fraction of sp³-hybridized carbons (Fsp3) is 0.276. The minimum Gasteiger partial charge on any atom is -0.493 e. The zero-order valence-electron chi connectivity index (χ0n) is 21.1. The van der Waals surface area contributed by atoms with Gasteiger partial charge in [-0.05, 0) is 72.9 Å². The Morgan fingerprint density at radius 1 is 1.08 bits per heavy atom. The van der Waals surface area contributed by atoms with Crippen LogP contribution < -0.4 is 19.8 Å². The topological polar surface area (TPSA) is 81.9 Å². The number of halogens is 1. The fourth-order valence-corrected chi connectivity index (χ4v) is 4.70. The molecular formula is C29H27ClN2O5. The predicted molar refractivity (Wildman–Crippen MR) is 143 cm³/mol. The summed E-state index contributed by atoms with van der Waals surface area (Å²) in [4.78, 5) is 33.5. The number of hydrogen-bond donors (Lipinski definition) is 0. The lowest BCUT2D eigenvalue weighted by Crippen LogP contribution is -2.30. The maximum Gasteiger partial charge on any atom is 0.296 e. The standard InChI is InChI=1S/C29H27ClN2O5/c1-16(2)10-12-36-22-7-5-18(14-23(22)35-4)26-25-27(33)20-15-19(30)6-8-21(20)37-28(25)29(34)32(26)24-13-17(3)9-11-31-24/h5-9,11,13-16,26H,10,12H2,1-4H3. The van der Waals surface area contributed by atoms with Gasteiger partial charge in [0.25, 0.3) is 5.91 Å². The number of aromatic nitrogens is 1. The van der Waals surface area contributed by atoms with Crippen LogP contribution in [0.1, 0.15) is 53.6 Å². The Bertz CT molecular complexity index is 1560. The summed E-state index contributed by atoms with van der Waals surface area (Å²) in [6.45, 7) is 6.73. The van der Waals surface area contributed by atoms with E-state index in [9.17, 15) is 9.59 Å². The predicted octanol–water partition coefficient (Wildman–Crippen LogP) is 6.33. The molecule has 4 aromatic rings. The third-order valence-electron chi connectivity index (χ3n) is 6.44. The van der Waals surface area contributed by atoms with E-state index in [0.29, 0.717) is 51.4 Å². The van der Waals surface area contributed by atoms with Gasteiger partial charge in [0.15, 0.2) is 16.9 Å². The average Bonchev–Trinajstić information content (AvgIpc) is 3.17. The van der Waals surface area contributed by atoms with Crippen LogP contribution in [-0.4, -0.2) is 24.6 Å². The molecule has 0 saturated heterocycles. The van der Waals surface area contributed by atoms with Crippen molar-refractivity contribution >= 4 is 34.3 Å². The molecule has 0 bridgehead atoms. The molecule has 0 N–H and O–H groups in total. The number of nitrogens with zero attached hydrogens (tertiary/aromatic N) is 2. The van der Waals surface area contributed by atoms with Crippen LogP contribution >= 0.6 is 11.6 Å². The lowest BCUT2D eigenvalue weighted by atomic mass is 9.98. The number of methoxy groups -OCH3 is 1. The summed E-state index contributed by atoms with van der Waals surface area (Å²) in [5, 5.41) is 0.714. The van der Waals surface area contributed by atoms with Gasteiger partial charge in [0.2, 0.25) is 5.76 Å². The molecule has 1 unspecified atom stereocenters. The van der Waals surface area contributed by atoms with Gasteiger partial charge in [-0.25, -0.2) is 4.98 Å². The van der Waals surface area contributed by atoms with Gasteiger partial charge in [-0.2, -0.15) is 0 Å². The van der Waals surface area contributed by atoms with Crippen molar-refractivity contribution in [2.45, 2.75) is 33.2 Å². The van der Waals surface area contributed by atoms with E-state index in [2.05, 4.69) is 18.8 Å². The highest BCUT2D eigenvalue weighted by Gasteiger charge is 2.44. The minimum atomic E-state index is -0.782. The second-order valence-corrected chi connectivity index (χ2v) is 9.96. The third kappa shape index (κ3) is 4.55. The number of carbonyl (C=O) groups is 1. The summed E-state index contributed by atoms with van der Waals surface area (Å²) in [5.41, 5.74) is 1.81. The van der Waals surface area contributed by atoms with Gasteiger partial charge in [-0.3, -0.25) is 14.5 Å². The Balaban J connectivity index is 1.69. The maximum atomic E-state index is 13.8. The van der Waals surface area contributed by atoms with Crippen LogP contribution in [0.25, 0.3) is 11.0 Å².